The van der Waals surface area contributed by atoms with Gasteiger partial charge in [-0.05, 0) is 55.8 Å². The first-order chi connectivity index (χ1) is 9.92. The monoisotopic (exact) mass is 324 g/mol. The summed E-state index contributed by atoms with van der Waals surface area (Å²) in [6.07, 6.45) is 0. The van der Waals surface area contributed by atoms with E-state index < -0.39 is 10.1 Å². The molecule has 0 aliphatic heterocycles. The third-order valence-corrected chi connectivity index (χ3v) is 4.43. The fourth-order valence-electron chi connectivity index (χ4n) is 1.76. The molecule has 0 amide bonds. The van der Waals surface area contributed by atoms with Crippen molar-refractivity contribution in [1.82, 2.24) is 0 Å². The summed E-state index contributed by atoms with van der Waals surface area (Å²) in [5.74, 6) is 0.779. The molecule has 0 radical (unpaired) electrons. The number of thiol groups is 1. The Morgan fingerprint density at radius 3 is 2.38 bits per heavy atom. The van der Waals surface area contributed by atoms with Crippen LogP contribution in [0.3, 0.4) is 0 Å². The van der Waals surface area contributed by atoms with Crippen molar-refractivity contribution in [2.24, 2.45) is 0 Å². The van der Waals surface area contributed by atoms with E-state index >= 15 is 0 Å². The predicted molar refractivity (Wildman–Crippen MR) is 83.8 cm³/mol. The van der Waals surface area contributed by atoms with Crippen LogP contribution in [0.1, 0.15) is 12.5 Å². The van der Waals surface area contributed by atoms with Crippen molar-refractivity contribution < 1.29 is 17.3 Å². The minimum atomic E-state index is -3.83. The highest BCUT2D eigenvalue weighted by atomic mass is 32.2. The Kier molecular flexibility index (Phi) is 4.92. The molecule has 0 unspecified atom stereocenters. The molecule has 0 atom stereocenters. The summed E-state index contributed by atoms with van der Waals surface area (Å²) in [4.78, 5) is 0.818. The maximum Gasteiger partial charge on any atom is 0.300 e. The van der Waals surface area contributed by atoms with Gasteiger partial charge < -0.3 is 4.74 Å². The van der Waals surface area contributed by atoms with Crippen LogP contribution >= 0.6 is 12.6 Å². The van der Waals surface area contributed by atoms with E-state index in [1.165, 1.54) is 6.07 Å². The zero-order chi connectivity index (χ0) is 15.5. The number of hydrogen-bond donors (Lipinski definition) is 1. The van der Waals surface area contributed by atoms with E-state index in [2.05, 4.69) is 12.6 Å². The molecule has 0 aliphatic carbocycles. The maximum absolute atomic E-state index is 12.1. The average Bonchev–Trinajstić information content (AvgIpc) is 2.41. The van der Waals surface area contributed by atoms with Crippen molar-refractivity contribution in [3.63, 3.8) is 0 Å². The van der Waals surface area contributed by atoms with Crippen molar-refractivity contribution in [2.45, 2.75) is 23.6 Å². The van der Waals surface area contributed by atoms with E-state index in [0.29, 0.717) is 5.75 Å². The standard InChI is InChI=1S/C15H16O4S2/c1-3-18-21(16,17)15-9-4-11(2)10-14(15)19-12-5-7-13(20)8-6-12/h4-10,20H,3H2,1-2H3. The normalized spacial score (nSPS) is 11.4. The van der Waals surface area contributed by atoms with E-state index in [1.807, 2.05) is 6.92 Å². The van der Waals surface area contributed by atoms with Crippen LogP contribution < -0.4 is 4.74 Å². The largest absolute Gasteiger partial charge is 0.456 e. The Morgan fingerprint density at radius 1 is 1.10 bits per heavy atom. The first-order valence-electron chi connectivity index (χ1n) is 6.39. The van der Waals surface area contributed by atoms with Gasteiger partial charge in [-0.1, -0.05) is 6.07 Å². The summed E-state index contributed by atoms with van der Waals surface area (Å²) in [7, 11) is -3.83. The molecule has 2 aromatic rings. The molecule has 2 rings (SSSR count). The Morgan fingerprint density at radius 2 is 1.76 bits per heavy atom. The van der Waals surface area contributed by atoms with Crippen molar-refractivity contribution in [3.05, 3.63) is 48.0 Å². The lowest BCUT2D eigenvalue weighted by Crippen LogP contribution is -2.07. The molecule has 0 spiro atoms. The third kappa shape index (κ3) is 4.00. The smallest absolute Gasteiger partial charge is 0.300 e. The van der Waals surface area contributed by atoms with E-state index in [4.69, 9.17) is 8.92 Å². The second-order valence-corrected chi connectivity index (χ2v) is 6.51. The lowest BCUT2D eigenvalue weighted by Gasteiger charge is -2.12. The predicted octanol–water partition coefficient (Wildman–Crippen LogP) is 3.80. The molecular formula is C15H16O4S2. The molecule has 0 saturated heterocycles. The zero-order valence-corrected chi connectivity index (χ0v) is 13.4. The van der Waals surface area contributed by atoms with Crippen LogP contribution in [-0.4, -0.2) is 15.0 Å². The van der Waals surface area contributed by atoms with Gasteiger partial charge in [-0.25, -0.2) is 0 Å². The number of aryl methyl sites for hydroxylation is 1. The topological polar surface area (TPSA) is 52.6 Å². The van der Waals surface area contributed by atoms with Gasteiger partial charge in [-0.2, -0.15) is 8.42 Å². The molecule has 0 bridgehead atoms. The van der Waals surface area contributed by atoms with Gasteiger partial charge in [0.2, 0.25) is 0 Å². The summed E-state index contributed by atoms with van der Waals surface area (Å²) in [6, 6.07) is 11.8. The van der Waals surface area contributed by atoms with Crippen LogP contribution in [0.2, 0.25) is 0 Å². The summed E-state index contributed by atoms with van der Waals surface area (Å²) >= 11 is 4.20. The number of benzene rings is 2. The van der Waals surface area contributed by atoms with Gasteiger partial charge in [0, 0.05) is 4.90 Å². The lowest BCUT2D eigenvalue weighted by molar-refractivity contribution is 0.335. The van der Waals surface area contributed by atoms with Gasteiger partial charge in [0.15, 0.2) is 0 Å². The Hall–Kier alpha value is -1.50. The molecule has 0 saturated carbocycles. The SMILES string of the molecule is CCOS(=O)(=O)c1ccc(C)cc1Oc1ccc(S)cc1. The lowest BCUT2D eigenvalue weighted by atomic mass is 10.2. The van der Waals surface area contributed by atoms with Crippen LogP contribution in [0.4, 0.5) is 0 Å². The Bertz CT molecular complexity index is 722. The Balaban J connectivity index is 2.42. The highest BCUT2D eigenvalue weighted by Gasteiger charge is 2.20. The van der Waals surface area contributed by atoms with Crippen molar-refractivity contribution >= 4 is 22.7 Å². The molecule has 0 aromatic heterocycles. The minimum absolute atomic E-state index is 0.0184. The van der Waals surface area contributed by atoms with Crippen molar-refractivity contribution in [3.8, 4) is 11.5 Å². The highest BCUT2D eigenvalue weighted by Crippen LogP contribution is 2.31. The van der Waals surface area contributed by atoms with Crippen LogP contribution in [0, 0.1) is 6.92 Å². The molecule has 0 N–H and O–H groups in total. The summed E-state index contributed by atoms with van der Waals surface area (Å²) in [6.45, 7) is 3.56. The van der Waals surface area contributed by atoms with Crippen molar-refractivity contribution in [1.29, 1.82) is 0 Å². The number of hydrogen-bond acceptors (Lipinski definition) is 5. The fraction of sp³-hybridized carbons (Fsp3) is 0.200. The van der Waals surface area contributed by atoms with Gasteiger partial charge in [0.25, 0.3) is 0 Å². The molecule has 6 heteroatoms. The fourth-order valence-corrected chi connectivity index (χ4v) is 2.93. The van der Waals surface area contributed by atoms with Gasteiger partial charge in [-0.15, -0.1) is 12.6 Å². The quantitative estimate of drug-likeness (QED) is 0.671. The molecule has 0 aliphatic rings. The van der Waals surface area contributed by atoms with Crippen LogP contribution in [0.5, 0.6) is 11.5 Å². The summed E-state index contributed by atoms with van der Waals surface area (Å²) in [5, 5.41) is 0. The van der Waals surface area contributed by atoms with Gasteiger partial charge in [0.05, 0.1) is 6.61 Å². The molecule has 21 heavy (non-hydrogen) atoms. The first-order valence-corrected chi connectivity index (χ1v) is 8.25. The zero-order valence-electron chi connectivity index (χ0n) is 11.7. The van der Waals surface area contributed by atoms with E-state index in [9.17, 15) is 8.42 Å². The van der Waals surface area contributed by atoms with E-state index in [-0.39, 0.29) is 17.3 Å². The molecule has 112 valence electrons. The molecule has 2 aromatic carbocycles. The first kappa shape index (κ1) is 15.9. The maximum atomic E-state index is 12.1. The summed E-state index contributed by atoms with van der Waals surface area (Å²) in [5.41, 5.74) is 0.895. The van der Waals surface area contributed by atoms with Gasteiger partial charge in [-0.3, -0.25) is 4.18 Å². The molecule has 4 nitrogen and oxygen atoms in total. The number of rotatable bonds is 5. The minimum Gasteiger partial charge on any atom is -0.456 e. The average molecular weight is 324 g/mol. The van der Waals surface area contributed by atoms with Crippen LogP contribution in [0.15, 0.2) is 52.3 Å². The molecule has 0 heterocycles. The van der Waals surface area contributed by atoms with Gasteiger partial charge >= 0.3 is 10.1 Å². The molecule has 0 fully saturated rings. The van der Waals surface area contributed by atoms with Crippen LogP contribution in [0.25, 0.3) is 0 Å². The van der Waals surface area contributed by atoms with Crippen LogP contribution in [-0.2, 0) is 14.3 Å². The van der Waals surface area contributed by atoms with E-state index in [1.54, 1.807) is 43.3 Å². The second kappa shape index (κ2) is 6.51. The van der Waals surface area contributed by atoms with E-state index in [0.717, 1.165) is 10.5 Å². The van der Waals surface area contributed by atoms with Gasteiger partial charge in [0.1, 0.15) is 16.4 Å². The highest BCUT2D eigenvalue weighted by molar-refractivity contribution is 7.86. The number of ether oxygens (including phenoxy) is 1. The summed E-state index contributed by atoms with van der Waals surface area (Å²) < 4.78 is 34.7. The molecular weight excluding hydrogens is 308 g/mol. The van der Waals surface area contributed by atoms with Crippen molar-refractivity contribution in [2.75, 3.05) is 6.61 Å². The third-order valence-electron chi connectivity index (χ3n) is 2.71. The Labute approximate surface area is 130 Å². The second-order valence-electron chi connectivity index (χ2n) is 4.41.